The van der Waals surface area contributed by atoms with Crippen LogP contribution >= 0.6 is 11.8 Å². The van der Waals surface area contributed by atoms with E-state index in [-0.39, 0.29) is 17.6 Å². The fourth-order valence-corrected chi connectivity index (χ4v) is 1.70. The minimum Gasteiger partial charge on any atom is -1.00 e. The molecule has 0 spiro atoms. The van der Waals surface area contributed by atoms with Crippen molar-refractivity contribution < 1.29 is 16.8 Å². The van der Waals surface area contributed by atoms with E-state index in [0.717, 1.165) is 16.7 Å². The van der Waals surface area contributed by atoms with Crippen LogP contribution in [0, 0.1) is 5.41 Å². The lowest BCUT2D eigenvalue weighted by Gasteiger charge is -1.93. The molecule has 2 rings (SSSR count). The van der Waals surface area contributed by atoms with Crippen LogP contribution < -0.4 is 18.1 Å². The van der Waals surface area contributed by atoms with Crippen molar-refractivity contribution in [3.05, 3.63) is 36.1 Å². The number of benzene rings is 1. The van der Waals surface area contributed by atoms with Crippen LogP contribution in [0.3, 0.4) is 0 Å². The number of rotatable bonds is 2. The molecule has 0 unspecified atom stereocenters. The minimum absolute atomic E-state index is 0. The van der Waals surface area contributed by atoms with Crippen LogP contribution in [0.25, 0.3) is 11.0 Å². The lowest BCUT2D eigenvalue weighted by molar-refractivity contribution is -0.00000370. The summed E-state index contributed by atoms with van der Waals surface area (Å²) in [6, 6.07) is 9.82. The molecule has 3 nitrogen and oxygen atoms in total. The van der Waals surface area contributed by atoms with Gasteiger partial charge in [-0.2, -0.15) is 0 Å². The van der Waals surface area contributed by atoms with Crippen LogP contribution in [0.2, 0.25) is 0 Å². The highest BCUT2D eigenvalue weighted by Gasteiger charge is 2.03. The number of halogens is 1. The van der Waals surface area contributed by atoms with Crippen molar-refractivity contribution in [2.45, 2.75) is 5.75 Å². The second-order valence-corrected chi connectivity index (χ2v) is 3.92. The molecule has 0 radical (unpaired) electrons. The van der Waals surface area contributed by atoms with Crippen LogP contribution in [0.1, 0.15) is 5.76 Å². The van der Waals surface area contributed by atoms with E-state index in [1.165, 1.54) is 11.8 Å². The third kappa shape index (κ3) is 2.91. The summed E-state index contributed by atoms with van der Waals surface area (Å²) in [4.78, 5) is 0. The molecule has 0 atom stereocenters. The molecule has 5 heteroatoms. The first-order valence-corrected chi connectivity index (χ1v) is 5.18. The molecule has 0 aliphatic carbocycles. The zero-order valence-corrected chi connectivity index (χ0v) is 9.44. The van der Waals surface area contributed by atoms with Gasteiger partial charge < -0.3 is 22.6 Å². The Morgan fingerprint density at radius 2 is 2.13 bits per heavy atom. The summed E-state index contributed by atoms with van der Waals surface area (Å²) in [5.74, 6) is 1.47. The maximum absolute atomic E-state index is 7.08. The number of fused-ring (bicyclic) bond motifs is 1. The molecule has 3 N–H and O–H groups in total. The number of nitrogens with two attached hydrogens (primary N) is 1. The first-order chi connectivity index (χ1) is 6.75. The first kappa shape index (κ1) is 11.9. The normalized spacial score (nSPS) is 9.87. The van der Waals surface area contributed by atoms with Gasteiger partial charge in [-0.25, -0.2) is 0 Å². The van der Waals surface area contributed by atoms with Crippen LogP contribution in [-0.2, 0) is 5.75 Å². The van der Waals surface area contributed by atoms with Gasteiger partial charge in [0.15, 0.2) is 5.17 Å². The van der Waals surface area contributed by atoms with E-state index < -0.39 is 0 Å². The van der Waals surface area contributed by atoms with Crippen LogP contribution in [0.4, 0.5) is 0 Å². The molecule has 0 fully saturated rings. The van der Waals surface area contributed by atoms with Crippen molar-refractivity contribution in [2.24, 2.45) is 5.73 Å². The van der Waals surface area contributed by atoms with E-state index in [9.17, 15) is 0 Å². The van der Waals surface area contributed by atoms with E-state index in [1.807, 2.05) is 30.3 Å². The highest BCUT2D eigenvalue weighted by atomic mass is 35.5. The van der Waals surface area contributed by atoms with Gasteiger partial charge in [0.25, 0.3) is 0 Å². The molecule has 0 bridgehead atoms. The Hall–Kier alpha value is -1.13. The first-order valence-electron chi connectivity index (χ1n) is 4.20. The Labute approximate surface area is 97.9 Å². The third-order valence-electron chi connectivity index (χ3n) is 1.85. The second kappa shape index (κ2) is 5.09. The fraction of sp³-hybridized carbons (Fsp3) is 0.100. The molecular formula is C10H10ClN2OS-. The molecule has 1 heterocycles. The second-order valence-electron chi connectivity index (χ2n) is 2.90. The number of thioether (sulfide) groups is 1. The molecule has 0 saturated heterocycles. The molecule has 1 aromatic carbocycles. The van der Waals surface area contributed by atoms with E-state index in [4.69, 9.17) is 15.6 Å². The highest BCUT2D eigenvalue weighted by molar-refractivity contribution is 8.13. The Morgan fingerprint density at radius 1 is 1.40 bits per heavy atom. The van der Waals surface area contributed by atoms with Crippen molar-refractivity contribution in [1.82, 2.24) is 0 Å². The van der Waals surface area contributed by atoms with Crippen LogP contribution in [0.15, 0.2) is 34.7 Å². The lowest BCUT2D eigenvalue weighted by atomic mass is 10.2. The fourth-order valence-electron chi connectivity index (χ4n) is 1.26. The van der Waals surface area contributed by atoms with Gasteiger partial charge in [-0.3, -0.25) is 5.41 Å². The van der Waals surface area contributed by atoms with E-state index in [2.05, 4.69) is 0 Å². The summed E-state index contributed by atoms with van der Waals surface area (Å²) in [5, 5.41) is 8.28. The van der Waals surface area contributed by atoms with Crippen molar-refractivity contribution in [1.29, 1.82) is 5.41 Å². The monoisotopic (exact) mass is 241 g/mol. The number of nitrogens with one attached hydrogen (secondary N) is 1. The minimum atomic E-state index is 0. The topological polar surface area (TPSA) is 63.0 Å². The van der Waals surface area contributed by atoms with E-state index >= 15 is 0 Å². The van der Waals surface area contributed by atoms with Gasteiger partial charge in [0.05, 0.1) is 5.75 Å². The molecule has 2 aromatic rings. The smallest absolute Gasteiger partial charge is 0.151 e. The Bertz CT molecular complexity index is 436. The van der Waals surface area contributed by atoms with E-state index in [0.29, 0.717) is 5.75 Å². The summed E-state index contributed by atoms with van der Waals surface area (Å²) in [6.45, 7) is 0. The third-order valence-corrected chi connectivity index (χ3v) is 2.59. The molecular weight excluding hydrogens is 232 g/mol. The molecule has 0 aliphatic heterocycles. The maximum Gasteiger partial charge on any atom is 0.151 e. The van der Waals surface area contributed by atoms with Gasteiger partial charge in [-0.05, 0) is 12.1 Å². The summed E-state index contributed by atoms with van der Waals surface area (Å²) >= 11 is 1.27. The Balaban J connectivity index is 0.00000112. The van der Waals surface area contributed by atoms with Gasteiger partial charge in [0.2, 0.25) is 0 Å². The predicted molar refractivity (Wildman–Crippen MR) is 59.4 cm³/mol. The lowest BCUT2D eigenvalue weighted by Crippen LogP contribution is -3.00. The average Bonchev–Trinajstić information content (AvgIpc) is 2.57. The Kier molecular flexibility index (Phi) is 4.05. The van der Waals surface area contributed by atoms with Crippen molar-refractivity contribution in [3.8, 4) is 0 Å². The molecule has 0 aliphatic rings. The number of amidine groups is 1. The molecule has 80 valence electrons. The zero-order chi connectivity index (χ0) is 9.97. The molecule has 0 saturated carbocycles. The Morgan fingerprint density at radius 3 is 2.80 bits per heavy atom. The highest BCUT2D eigenvalue weighted by Crippen LogP contribution is 2.21. The molecule has 1 aromatic heterocycles. The van der Waals surface area contributed by atoms with Crippen molar-refractivity contribution in [2.75, 3.05) is 0 Å². The summed E-state index contributed by atoms with van der Waals surface area (Å²) in [5.41, 5.74) is 6.12. The molecule has 15 heavy (non-hydrogen) atoms. The van der Waals surface area contributed by atoms with Gasteiger partial charge in [-0.15, -0.1) is 0 Å². The van der Waals surface area contributed by atoms with Crippen molar-refractivity contribution in [3.63, 3.8) is 0 Å². The van der Waals surface area contributed by atoms with Gasteiger partial charge >= 0.3 is 0 Å². The summed E-state index contributed by atoms with van der Waals surface area (Å²) in [6.07, 6.45) is 0. The van der Waals surface area contributed by atoms with Crippen molar-refractivity contribution >= 4 is 27.9 Å². The van der Waals surface area contributed by atoms with E-state index in [1.54, 1.807) is 0 Å². The molecule has 0 amide bonds. The number of hydrogen-bond donors (Lipinski definition) is 2. The van der Waals surface area contributed by atoms with Crippen LogP contribution in [-0.4, -0.2) is 5.17 Å². The quantitative estimate of drug-likeness (QED) is 0.554. The maximum atomic E-state index is 7.08. The summed E-state index contributed by atoms with van der Waals surface area (Å²) in [7, 11) is 0. The summed E-state index contributed by atoms with van der Waals surface area (Å²) < 4.78 is 5.55. The SMILES string of the molecule is N=C(N)SCc1cc2ccccc2o1.[Cl-]. The average molecular weight is 242 g/mol. The number of furan rings is 1. The van der Waals surface area contributed by atoms with Gasteiger partial charge in [0, 0.05) is 5.39 Å². The predicted octanol–water partition coefficient (Wildman–Crippen LogP) is -0.437. The largest absolute Gasteiger partial charge is 1.00 e. The number of hydrogen-bond acceptors (Lipinski definition) is 3. The zero-order valence-electron chi connectivity index (χ0n) is 7.87. The van der Waals surface area contributed by atoms with Gasteiger partial charge in [0.1, 0.15) is 11.3 Å². The number of para-hydroxylation sites is 1. The van der Waals surface area contributed by atoms with Gasteiger partial charge in [-0.1, -0.05) is 30.0 Å². The van der Waals surface area contributed by atoms with Crippen LogP contribution in [0.5, 0.6) is 0 Å². The standard InChI is InChI=1S/C10H10N2OS.ClH/c11-10(12)14-6-8-5-7-3-1-2-4-9(7)13-8;/h1-5H,6H2,(H3,11,12);1H/p-1.